The third-order valence-electron chi connectivity index (χ3n) is 3.90. The number of hydrogen-bond donors (Lipinski definition) is 1. The van der Waals surface area contributed by atoms with E-state index < -0.39 is 0 Å². The summed E-state index contributed by atoms with van der Waals surface area (Å²) in [5, 5.41) is 0. The lowest BCUT2D eigenvalue weighted by atomic mass is 10.3. The van der Waals surface area contributed by atoms with Crippen molar-refractivity contribution in [2.75, 3.05) is 11.9 Å². The fraction of sp³-hybridized carbons (Fsp3) is 0.111. The smallest absolute Gasteiger partial charge is 0.126 e. The predicted molar refractivity (Wildman–Crippen MR) is 91.8 cm³/mol. The molecule has 0 saturated carbocycles. The molecule has 0 bridgehead atoms. The minimum atomic E-state index is 0.735. The Bertz CT molecular complexity index is 909. The second-order valence-corrected chi connectivity index (χ2v) is 5.55. The van der Waals surface area contributed by atoms with Crippen LogP contribution in [0.5, 0.6) is 0 Å². The second kappa shape index (κ2) is 5.61. The van der Waals surface area contributed by atoms with Crippen molar-refractivity contribution < 1.29 is 0 Å². The molecule has 2 aromatic carbocycles. The van der Waals surface area contributed by atoms with E-state index in [1.54, 1.807) is 12.5 Å². The van der Waals surface area contributed by atoms with Crippen LogP contribution in [0.15, 0.2) is 67.3 Å². The van der Waals surface area contributed by atoms with Crippen LogP contribution in [0, 0.1) is 0 Å². The number of benzene rings is 2. The van der Waals surface area contributed by atoms with Gasteiger partial charge >= 0.3 is 0 Å². The molecule has 0 saturated heterocycles. The van der Waals surface area contributed by atoms with Crippen LogP contribution in [0.4, 0.5) is 5.69 Å². The Labute approximate surface area is 134 Å². The molecule has 0 aliphatic carbocycles. The molecule has 0 radical (unpaired) electrons. The summed E-state index contributed by atoms with van der Waals surface area (Å²) in [5.74, 6) is 0.953. The van der Waals surface area contributed by atoms with Crippen molar-refractivity contribution in [3.05, 3.63) is 73.1 Å². The number of nitrogens with one attached hydrogen (secondary N) is 1. The molecule has 4 aromatic rings. The number of aromatic nitrogens is 4. The van der Waals surface area contributed by atoms with E-state index in [2.05, 4.69) is 51.2 Å². The van der Waals surface area contributed by atoms with E-state index in [0.717, 1.165) is 29.1 Å². The number of fused-ring (bicyclic) bond motifs is 1. The zero-order valence-electron chi connectivity index (χ0n) is 12.8. The zero-order chi connectivity index (χ0) is 15.6. The largest absolute Gasteiger partial charge is 0.367 e. The van der Waals surface area contributed by atoms with Crippen LogP contribution in [0.3, 0.4) is 0 Å². The summed E-state index contributed by atoms with van der Waals surface area (Å²) in [7, 11) is 2.07. The van der Waals surface area contributed by atoms with Crippen molar-refractivity contribution in [1.29, 1.82) is 0 Å². The van der Waals surface area contributed by atoms with Crippen molar-refractivity contribution in [3.8, 4) is 5.69 Å². The number of H-pyrrole nitrogens is 1. The molecule has 5 heteroatoms. The standard InChI is InChI=1S/C18H17N5/c1-22(14-5-3-2-4-6-14)12-18-20-16-8-7-15(11-17(16)21-18)23-10-9-19-13-23/h2-11,13H,12H2,1H3,(H,20,21). The molecule has 1 N–H and O–H groups in total. The number of rotatable bonds is 4. The van der Waals surface area contributed by atoms with Crippen LogP contribution in [0.25, 0.3) is 16.7 Å². The zero-order valence-corrected chi connectivity index (χ0v) is 12.8. The summed E-state index contributed by atoms with van der Waals surface area (Å²) >= 11 is 0. The van der Waals surface area contributed by atoms with Gasteiger partial charge in [0.2, 0.25) is 0 Å². The van der Waals surface area contributed by atoms with Gasteiger partial charge in [-0.3, -0.25) is 0 Å². The molecule has 0 spiro atoms. The van der Waals surface area contributed by atoms with Gasteiger partial charge in [-0.25, -0.2) is 9.97 Å². The van der Waals surface area contributed by atoms with Gasteiger partial charge in [0, 0.05) is 30.8 Å². The Hall–Kier alpha value is -3.08. The number of nitrogens with zero attached hydrogens (tertiary/aromatic N) is 4. The molecule has 0 atom stereocenters. The van der Waals surface area contributed by atoms with Gasteiger partial charge < -0.3 is 14.5 Å². The average molecular weight is 303 g/mol. The fourth-order valence-electron chi connectivity index (χ4n) is 2.70. The number of anilines is 1. The summed E-state index contributed by atoms with van der Waals surface area (Å²) in [4.78, 5) is 14.4. The lowest BCUT2D eigenvalue weighted by Crippen LogP contribution is -2.16. The highest BCUT2D eigenvalue weighted by molar-refractivity contribution is 5.77. The van der Waals surface area contributed by atoms with Crippen LogP contribution in [0.1, 0.15) is 5.82 Å². The molecular formula is C18H17N5. The van der Waals surface area contributed by atoms with E-state index in [9.17, 15) is 0 Å². The molecule has 0 unspecified atom stereocenters. The van der Waals surface area contributed by atoms with Crippen molar-refractivity contribution in [1.82, 2.24) is 19.5 Å². The minimum Gasteiger partial charge on any atom is -0.367 e. The van der Waals surface area contributed by atoms with Crippen LogP contribution in [0.2, 0.25) is 0 Å². The van der Waals surface area contributed by atoms with Crippen LogP contribution >= 0.6 is 0 Å². The van der Waals surface area contributed by atoms with Gasteiger partial charge in [0.15, 0.2) is 0 Å². The van der Waals surface area contributed by atoms with Gasteiger partial charge in [-0.2, -0.15) is 0 Å². The molecule has 0 fully saturated rings. The van der Waals surface area contributed by atoms with E-state index in [1.807, 2.05) is 35.0 Å². The quantitative estimate of drug-likeness (QED) is 0.629. The monoisotopic (exact) mass is 303 g/mol. The summed E-state index contributed by atoms with van der Waals surface area (Å²) < 4.78 is 1.98. The van der Waals surface area contributed by atoms with E-state index in [-0.39, 0.29) is 0 Å². The number of imidazole rings is 2. The lowest BCUT2D eigenvalue weighted by Gasteiger charge is -2.17. The number of para-hydroxylation sites is 1. The van der Waals surface area contributed by atoms with Gasteiger partial charge in [-0.15, -0.1) is 0 Å². The summed E-state index contributed by atoms with van der Waals surface area (Å²) in [6.07, 6.45) is 5.50. The van der Waals surface area contributed by atoms with Crippen LogP contribution in [-0.4, -0.2) is 26.6 Å². The molecule has 2 heterocycles. The molecule has 5 nitrogen and oxygen atoms in total. The van der Waals surface area contributed by atoms with E-state index >= 15 is 0 Å². The third kappa shape index (κ3) is 2.68. The van der Waals surface area contributed by atoms with E-state index in [1.165, 1.54) is 5.69 Å². The Morgan fingerprint density at radius 3 is 2.78 bits per heavy atom. The maximum absolute atomic E-state index is 4.68. The molecule has 0 aliphatic rings. The first-order valence-corrected chi connectivity index (χ1v) is 7.53. The Morgan fingerprint density at radius 1 is 1.13 bits per heavy atom. The SMILES string of the molecule is CN(Cc1nc2ccc(-n3ccnc3)cc2[nH]1)c1ccccc1. The third-order valence-corrected chi connectivity index (χ3v) is 3.90. The van der Waals surface area contributed by atoms with Crippen molar-refractivity contribution in [3.63, 3.8) is 0 Å². The van der Waals surface area contributed by atoms with Crippen molar-refractivity contribution in [2.24, 2.45) is 0 Å². The van der Waals surface area contributed by atoms with E-state index in [0.29, 0.717) is 0 Å². The second-order valence-electron chi connectivity index (χ2n) is 5.55. The normalized spacial score (nSPS) is 11.0. The average Bonchev–Trinajstić information content (AvgIpc) is 3.24. The molecular weight excluding hydrogens is 286 g/mol. The van der Waals surface area contributed by atoms with Crippen LogP contribution < -0.4 is 4.90 Å². The molecule has 23 heavy (non-hydrogen) atoms. The summed E-state index contributed by atoms with van der Waals surface area (Å²) in [6.45, 7) is 0.735. The first-order valence-electron chi connectivity index (χ1n) is 7.53. The topological polar surface area (TPSA) is 49.7 Å². The van der Waals surface area contributed by atoms with Gasteiger partial charge in [-0.1, -0.05) is 18.2 Å². The first-order chi connectivity index (χ1) is 11.3. The minimum absolute atomic E-state index is 0.735. The highest BCUT2D eigenvalue weighted by Gasteiger charge is 2.07. The van der Waals surface area contributed by atoms with Gasteiger partial charge in [0.1, 0.15) is 5.82 Å². The Morgan fingerprint density at radius 2 is 2.00 bits per heavy atom. The molecule has 0 amide bonds. The Balaban J connectivity index is 1.61. The highest BCUT2D eigenvalue weighted by atomic mass is 15.1. The number of aromatic amines is 1. The van der Waals surface area contributed by atoms with Crippen molar-refractivity contribution >= 4 is 16.7 Å². The number of hydrogen-bond acceptors (Lipinski definition) is 3. The summed E-state index contributed by atoms with van der Waals surface area (Å²) in [6, 6.07) is 16.5. The summed E-state index contributed by atoms with van der Waals surface area (Å²) in [5.41, 5.74) is 4.26. The van der Waals surface area contributed by atoms with Crippen LogP contribution in [-0.2, 0) is 6.54 Å². The van der Waals surface area contributed by atoms with Crippen molar-refractivity contribution in [2.45, 2.75) is 6.54 Å². The first kappa shape index (κ1) is 13.6. The molecule has 0 aliphatic heterocycles. The fourth-order valence-corrected chi connectivity index (χ4v) is 2.70. The maximum atomic E-state index is 4.68. The van der Waals surface area contributed by atoms with Gasteiger partial charge in [0.05, 0.1) is 23.9 Å². The Kier molecular flexibility index (Phi) is 3.31. The van der Waals surface area contributed by atoms with E-state index in [4.69, 9.17) is 0 Å². The maximum Gasteiger partial charge on any atom is 0.126 e. The van der Waals surface area contributed by atoms with Gasteiger partial charge in [-0.05, 0) is 30.3 Å². The molecule has 2 aromatic heterocycles. The van der Waals surface area contributed by atoms with Gasteiger partial charge in [0.25, 0.3) is 0 Å². The highest BCUT2D eigenvalue weighted by Crippen LogP contribution is 2.19. The molecule has 114 valence electrons. The predicted octanol–water partition coefficient (Wildman–Crippen LogP) is 3.39. The lowest BCUT2D eigenvalue weighted by molar-refractivity contribution is 0.864. The molecule has 4 rings (SSSR count).